The third kappa shape index (κ3) is 2.93. The van der Waals surface area contributed by atoms with Crippen molar-refractivity contribution in [3.63, 3.8) is 0 Å². The van der Waals surface area contributed by atoms with Crippen LogP contribution in [0.25, 0.3) is 11.4 Å². The Hall–Kier alpha value is -2.02. The zero-order chi connectivity index (χ0) is 14.9. The molecule has 0 radical (unpaired) electrons. The van der Waals surface area contributed by atoms with Crippen LogP contribution in [0.4, 0.5) is 17.6 Å². The molecule has 0 atom stereocenters. The van der Waals surface area contributed by atoms with E-state index in [1.165, 1.54) is 0 Å². The molecule has 1 aromatic carbocycles. The van der Waals surface area contributed by atoms with Crippen LogP contribution in [0.5, 0.6) is 0 Å². The van der Waals surface area contributed by atoms with Crippen molar-refractivity contribution in [3.8, 4) is 11.4 Å². The molecule has 106 valence electrons. The van der Waals surface area contributed by atoms with Gasteiger partial charge in [0.2, 0.25) is 0 Å². The zero-order valence-corrected chi connectivity index (χ0v) is 10.5. The van der Waals surface area contributed by atoms with Crippen molar-refractivity contribution in [1.82, 2.24) is 9.97 Å². The lowest BCUT2D eigenvalue weighted by Gasteiger charge is -2.13. The van der Waals surface area contributed by atoms with Crippen LogP contribution < -0.4 is 5.73 Å². The first-order valence-corrected chi connectivity index (χ1v) is 5.73. The maximum atomic E-state index is 13.1. The average molecular weight is 285 g/mol. The van der Waals surface area contributed by atoms with Gasteiger partial charge in [0.05, 0.1) is 11.3 Å². The number of nitrogens with two attached hydrogens (primary N) is 1. The Labute approximate surface area is 112 Å². The third-order valence-corrected chi connectivity index (χ3v) is 2.64. The van der Waals surface area contributed by atoms with E-state index in [0.29, 0.717) is 17.5 Å². The molecule has 0 spiro atoms. The molecule has 7 heteroatoms. The van der Waals surface area contributed by atoms with E-state index in [1.54, 1.807) is 13.0 Å². The molecule has 0 fully saturated rings. The summed E-state index contributed by atoms with van der Waals surface area (Å²) in [6.07, 6.45) is -4.69. The molecule has 0 aliphatic carbocycles. The van der Waals surface area contributed by atoms with E-state index >= 15 is 0 Å². The number of aryl methyl sites for hydroxylation is 1. The van der Waals surface area contributed by atoms with Gasteiger partial charge in [-0.1, -0.05) is 0 Å². The van der Waals surface area contributed by atoms with E-state index in [0.717, 1.165) is 12.1 Å². The van der Waals surface area contributed by atoms with Crippen LogP contribution in [0, 0.1) is 12.7 Å². The minimum absolute atomic E-state index is 0.0822. The van der Waals surface area contributed by atoms with Crippen molar-refractivity contribution in [2.75, 3.05) is 0 Å². The summed E-state index contributed by atoms with van der Waals surface area (Å²) >= 11 is 0. The van der Waals surface area contributed by atoms with E-state index in [9.17, 15) is 17.6 Å². The Morgan fingerprint density at radius 3 is 2.45 bits per heavy atom. The molecule has 20 heavy (non-hydrogen) atoms. The fraction of sp³-hybridized carbons (Fsp3) is 0.231. The second kappa shape index (κ2) is 5.16. The number of rotatable bonds is 2. The lowest BCUT2D eigenvalue weighted by Crippen LogP contribution is -2.10. The van der Waals surface area contributed by atoms with Crippen molar-refractivity contribution in [3.05, 3.63) is 47.0 Å². The predicted octanol–water partition coefficient (Wildman–Crippen LogP) is 3.07. The second-order valence-electron chi connectivity index (χ2n) is 4.22. The average Bonchev–Trinajstić information content (AvgIpc) is 2.36. The fourth-order valence-electron chi connectivity index (χ4n) is 1.80. The van der Waals surface area contributed by atoms with Gasteiger partial charge in [-0.3, -0.25) is 0 Å². The van der Waals surface area contributed by atoms with E-state index in [4.69, 9.17) is 5.73 Å². The van der Waals surface area contributed by atoms with Gasteiger partial charge < -0.3 is 5.73 Å². The zero-order valence-electron chi connectivity index (χ0n) is 10.5. The molecule has 0 aliphatic rings. The van der Waals surface area contributed by atoms with Gasteiger partial charge in [-0.25, -0.2) is 14.4 Å². The highest BCUT2D eigenvalue weighted by Crippen LogP contribution is 2.36. The molecule has 0 unspecified atom stereocenters. The summed E-state index contributed by atoms with van der Waals surface area (Å²) in [6.45, 7) is 1.71. The molecule has 0 aliphatic heterocycles. The fourth-order valence-corrected chi connectivity index (χ4v) is 1.80. The quantitative estimate of drug-likeness (QED) is 0.863. The summed E-state index contributed by atoms with van der Waals surface area (Å²) in [5.41, 5.74) is 4.98. The van der Waals surface area contributed by atoms with E-state index in [-0.39, 0.29) is 17.9 Å². The highest BCUT2D eigenvalue weighted by atomic mass is 19.4. The Morgan fingerprint density at radius 1 is 1.15 bits per heavy atom. The normalized spacial score (nSPS) is 11.7. The molecule has 3 nitrogen and oxygen atoms in total. The topological polar surface area (TPSA) is 51.8 Å². The number of alkyl halides is 3. The van der Waals surface area contributed by atoms with Gasteiger partial charge in [-0.05, 0) is 31.2 Å². The van der Waals surface area contributed by atoms with E-state index in [1.807, 2.05) is 0 Å². The lowest BCUT2D eigenvalue weighted by molar-refractivity contribution is -0.137. The molecule has 1 heterocycles. The Bertz CT molecular complexity index is 638. The maximum Gasteiger partial charge on any atom is 0.417 e. The maximum absolute atomic E-state index is 13.1. The lowest BCUT2D eigenvalue weighted by atomic mass is 10.1. The molecule has 1 aromatic heterocycles. The van der Waals surface area contributed by atoms with Gasteiger partial charge in [0.1, 0.15) is 5.82 Å². The van der Waals surface area contributed by atoms with Gasteiger partial charge in [0.15, 0.2) is 5.82 Å². The predicted molar refractivity (Wildman–Crippen MR) is 65.1 cm³/mol. The van der Waals surface area contributed by atoms with E-state index < -0.39 is 17.6 Å². The summed E-state index contributed by atoms with van der Waals surface area (Å²) in [5.74, 6) is -1.08. The Balaban J connectivity index is 2.66. The van der Waals surface area contributed by atoms with Gasteiger partial charge in [0.25, 0.3) is 0 Å². The molecule has 2 aromatic rings. The summed E-state index contributed by atoms with van der Waals surface area (Å²) in [5, 5.41) is 0. The van der Waals surface area contributed by atoms with Crippen molar-refractivity contribution in [2.45, 2.75) is 19.6 Å². The number of hydrogen-bond donors (Lipinski definition) is 1. The van der Waals surface area contributed by atoms with Crippen LogP contribution in [0.2, 0.25) is 0 Å². The van der Waals surface area contributed by atoms with Crippen molar-refractivity contribution in [1.29, 1.82) is 0 Å². The monoisotopic (exact) mass is 285 g/mol. The molecule has 0 amide bonds. The number of halogens is 4. The Morgan fingerprint density at radius 2 is 1.85 bits per heavy atom. The first-order valence-electron chi connectivity index (χ1n) is 5.73. The van der Waals surface area contributed by atoms with Crippen LogP contribution in [-0.4, -0.2) is 9.97 Å². The molecular formula is C13H11F4N3. The van der Waals surface area contributed by atoms with Crippen LogP contribution in [0.1, 0.15) is 17.0 Å². The van der Waals surface area contributed by atoms with Gasteiger partial charge in [-0.2, -0.15) is 13.2 Å². The summed E-state index contributed by atoms with van der Waals surface area (Å²) in [4.78, 5) is 7.93. The molecule has 0 bridgehead atoms. The highest BCUT2D eigenvalue weighted by molar-refractivity contribution is 5.61. The van der Waals surface area contributed by atoms with Gasteiger partial charge in [0, 0.05) is 17.8 Å². The minimum Gasteiger partial charge on any atom is -0.325 e. The highest BCUT2D eigenvalue weighted by Gasteiger charge is 2.35. The largest absolute Gasteiger partial charge is 0.417 e. The molecule has 2 rings (SSSR count). The molecular weight excluding hydrogens is 274 g/mol. The third-order valence-electron chi connectivity index (χ3n) is 2.64. The van der Waals surface area contributed by atoms with Gasteiger partial charge in [-0.15, -0.1) is 0 Å². The van der Waals surface area contributed by atoms with Crippen molar-refractivity contribution < 1.29 is 17.6 Å². The van der Waals surface area contributed by atoms with Crippen LogP contribution in [0.15, 0.2) is 24.3 Å². The number of nitrogens with zero attached hydrogens (tertiary/aromatic N) is 2. The van der Waals surface area contributed by atoms with Crippen LogP contribution in [-0.2, 0) is 12.7 Å². The summed E-state index contributed by atoms with van der Waals surface area (Å²) in [7, 11) is 0. The summed E-state index contributed by atoms with van der Waals surface area (Å²) in [6, 6.07) is 3.98. The Kier molecular flexibility index (Phi) is 3.71. The summed E-state index contributed by atoms with van der Waals surface area (Å²) < 4.78 is 51.9. The van der Waals surface area contributed by atoms with E-state index in [2.05, 4.69) is 9.97 Å². The van der Waals surface area contributed by atoms with Gasteiger partial charge >= 0.3 is 6.18 Å². The number of aromatic nitrogens is 2. The first kappa shape index (κ1) is 14.4. The number of benzene rings is 1. The SMILES string of the molecule is Cc1cc(CN)nc(-c2ccc(F)cc2C(F)(F)F)n1. The van der Waals surface area contributed by atoms with Crippen molar-refractivity contribution >= 4 is 0 Å². The molecule has 0 saturated carbocycles. The molecule has 2 N–H and O–H groups in total. The smallest absolute Gasteiger partial charge is 0.325 e. The van der Waals surface area contributed by atoms with Crippen LogP contribution in [0.3, 0.4) is 0 Å². The number of hydrogen-bond acceptors (Lipinski definition) is 3. The second-order valence-corrected chi connectivity index (χ2v) is 4.22. The standard InChI is InChI=1S/C13H11F4N3/c1-7-4-9(6-18)20-12(19-7)10-3-2-8(14)5-11(10)13(15,16)17/h2-5H,6,18H2,1H3. The molecule has 0 saturated heterocycles. The van der Waals surface area contributed by atoms with Crippen LogP contribution >= 0.6 is 0 Å². The minimum atomic E-state index is -4.69. The first-order chi connectivity index (χ1) is 9.31. The van der Waals surface area contributed by atoms with Crippen molar-refractivity contribution in [2.24, 2.45) is 5.73 Å².